The van der Waals surface area contributed by atoms with Crippen LogP contribution in [-0.4, -0.2) is 19.1 Å². The molecule has 1 aromatic rings. The summed E-state index contributed by atoms with van der Waals surface area (Å²) in [6.45, 7) is 9.70. The Kier molecular flexibility index (Phi) is 6.38. The molecule has 0 radical (unpaired) electrons. The molecule has 0 saturated heterocycles. The maximum absolute atomic E-state index is 6.55. The predicted molar refractivity (Wildman–Crippen MR) is 93.3 cm³/mol. The standard InChI is InChI=1S/C18H29ClN2/c1-4-21(16-9-5-6-10-16)18-15(8-7-11-17(18)19)13-20-12-14(2)3/h7-8,11,14,16,20H,4-6,9-10,12-13H2,1-3H3. The largest absolute Gasteiger partial charge is 0.367 e. The van der Waals surface area contributed by atoms with Gasteiger partial charge in [-0.1, -0.05) is 50.4 Å². The van der Waals surface area contributed by atoms with Crippen LogP contribution in [0.15, 0.2) is 18.2 Å². The molecule has 1 aliphatic rings. The lowest BCUT2D eigenvalue weighted by atomic mass is 10.1. The van der Waals surface area contributed by atoms with Crippen LogP contribution in [0.4, 0.5) is 5.69 Å². The zero-order valence-electron chi connectivity index (χ0n) is 13.7. The van der Waals surface area contributed by atoms with E-state index in [2.05, 4.69) is 43.1 Å². The first-order valence-corrected chi connectivity index (χ1v) is 8.76. The van der Waals surface area contributed by atoms with E-state index in [9.17, 15) is 0 Å². The van der Waals surface area contributed by atoms with Crippen molar-refractivity contribution in [2.24, 2.45) is 5.92 Å². The molecule has 1 fully saturated rings. The van der Waals surface area contributed by atoms with Crippen molar-refractivity contribution in [1.82, 2.24) is 5.32 Å². The van der Waals surface area contributed by atoms with Crippen LogP contribution < -0.4 is 10.2 Å². The SMILES string of the molecule is CCN(c1c(Cl)cccc1CNCC(C)C)C1CCCC1. The fourth-order valence-electron chi connectivity index (χ4n) is 3.33. The van der Waals surface area contributed by atoms with Crippen LogP contribution in [0.5, 0.6) is 0 Å². The fourth-order valence-corrected chi connectivity index (χ4v) is 3.64. The summed E-state index contributed by atoms with van der Waals surface area (Å²) >= 11 is 6.55. The third-order valence-corrected chi connectivity index (χ3v) is 4.64. The first-order valence-electron chi connectivity index (χ1n) is 8.38. The molecule has 0 heterocycles. The normalized spacial score (nSPS) is 15.9. The summed E-state index contributed by atoms with van der Waals surface area (Å²) in [5, 5.41) is 4.45. The average Bonchev–Trinajstić information content (AvgIpc) is 2.96. The molecule has 0 aromatic heterocycles. The molecule has 1 N–H and O–H groups in total. The van der Waals surface area contributed by atoms with Crippen LogP contribution in [0.2, 0.25) is 5.02 Å². The van der Waals surface area contributed by atoms with Gasteiger partial charge in [0, 0.05) is 19.1 Å². The molecule has 2 rings (SSSR count). The van der Waals surface area contributed by atoms with Gasteiger partial charge in [0.15, 0.2) is 0 Å². The molecule has 3 heteroatoms. The molecule has 0 unspecified atom stereocenters. The molecule has 2 nitrogen and oxygen atoms in total. The number of nitrogens with zero attached hydrogens (tertiary/aromatic N) is 1. The van der Waals surface area contributed by atoms with Crippen molar-refractivity contribution >= 4 is 17.3 Å². The highest BCUT2D eigenvalue weighted by molar-refractivity contribution is 6.33. The van der Waals surface area contributed by atoms with Gasteiger partial charge in [0.25, 0.3) is 0 Å². The Hall–Kier alpha value is -0.730. The molecule has 1 aliphatic carbocycles. The van der Waals surface area contributed by atoms with Gasteiger partial charge in [-0.05, 0) is 43.9 Å². The van der Waals surface area contributed by atoms with Gasteiger partial charge in [-0.25, -0.2) is 0 Å². The van der Waals surface area contributed by atoms with E-state index < -0.39 is 0 Å². The van der Waals surface area contributed by atoms with Crippen molar-refractivity contribution in [3.8, 4) is 0 Å². The quantitative estimate of drug-likeness (QED) is 0.774. The summed E-state index contributed by atoms with van der Waals surface area (Å²) in [6.07, 6.45) is 5.31. The Morgan fingerprint density at radius 1 is 1.29 bits per heavy atom. The second-order valence-electron chi connectivity index (χ2n) is 6.50. The highest BCUT2D eigenvalue weighted by Crippen LogP contribution is 2.35. The number of benzene rings is 1. The summed E-state index contributed by atoms with van der Waals surface area (Å²) in [7, 11) is 0. The fraction of sp³-hybridized carbons (Fsp3) is 0.667. The summed E-state index contributed by atoms with van der Waals surface area (Å²) < 4.78 is 0. The van der Waals surface area contributed by atoms with Crippen LogP contribution in [0, 0.1) is 5.92 Å². The lowest BCUT2D eigenvalue weighted by Crippen LogP contribution is -2.34. The van der Waals surface area contributed by atoms with Gasteiger partial charge in [0.2, 0.25) is 0 Å². The topological polar surface area (TPSA) is 15.3 Å². The number of anilines is 1. The van der Waals surface area contributed by atoms with Gasteiger partial charge in [0.05, 0.1) is 10.7 Å². The van der Waals surface area contributed by atoms with E-state index in [0.29, 0.717) is 12.0 Å². The zero-order valence-corrected chi connectivity index (χ0v) is 14.4. The van der Waals surface area contributed by atoms with Crippen molar-refractivity contribution in [3.63, 3.8) is 0 Å². The van der Waals surface area contributed by atoms with E-state index in [4.69, 9.17) is 11.6 Å². The van der Waals surface area contributed by atoms with Crippen molar-refractivity contribution < 1.29 is 0 Å². The van der Waals surface area contributed by atoms with Gasteiger partial charge < -0.3 is 10.2 Å². The van der Waals surface area contributed by atoms with Crippen molar-refractivity contribution in [3.05, 3.63) is 28.8 Å². The second-order valence-corrected chi connectivity index (χ2v) is 6.90. The molecule has 21 heavy (non-hydrogen) atoms. The number of halogens is 1. The monoisotopic (exact) mass is 308 g/mol. The third kappa shape index (κ3) is 4.37. The Bertz CT molecular complexity index is 439. The van der Waals surface area contributed by atoms with E-state index >= 15 is 0 Å². The van der Waals surface area contributed by atoms with Crippen molar-refractivity contribution in [2.45, 2.75) is 59.0 Å². The van der Waals surface area contributed by atoms with Gasteiger partial charge in [-0.15, -0.1) is 0 Å². The average molecular weight is 309 g/mol. The number of hydrogen-bond donors (Lipinski definition) is 1. The summed E-state index contributed by atoms with van der Waals surface area (Å²) in [5.74, 6) is 0.671. The van der Waals surface area contributed by atoms with Crippen LogP contribution in [0.3, 0.4) is 0 Å². The van der Waals surface area contributed by atoms with Gasteiger partial charge >= 0.3 is 0 Å². The minimum Gasteiger partial charge on any atom is -0.367 e. The molecule has 1 saturated carbocycles. The molecule has 0 atom stereocenters. The van der Waals surface area contributed by atoms with E-state index in [0.717, 1.165) is 24.7 Å². The number of nitrogens with one attached hydrogen (secondary N) is 1. The summed E-state index contributed by atoms with van der Waals surface area (Å²) in [5.41, 5.74) is 2.58. The van der Waals surface area contributed by atoms with Crippen LogP contribution in [0.1, 0.15) is 52.0 Å². The lowest BCUT2D eigenvalue weighted by Gasteiger charge is -2.32. The van der Waals surface area contributed by atoms with Crippen molar-refractivity contribution in [1.29, 1.82) is 0 Å². The lowest BCUT2D eigenvalue weighted by molar-refractivity contribution is 0.550. The smallest absolute Gasteiger partial charge is 0.0643 e. The molecule has 0 bridgehead atoms. The first-order chi connectivity index (χ1) is 10.1. The first kappa shape index (κ1) is 16.6. The Morgan fingerprint density at radius 2 is 2.00 bits per heavy atom. The van der Waals surface area contributed by atoms with Gasteiger partial charge in [0.1, 0.15) is 0 Å². The van der Waals surface area contributed by atoms with E-state index in [1.54, 1.807) is 0 Å². The Balaban J connectivity index is 2.18. The molecule has 0 spiro atoms. The second kappa shape index (κ2) is 8.05. The summed E-state index contributed by atoms with van der Waals surface area (Å²) in [6, 6.07) is 6.98. The highest BCUT2D eigenvalue weighted by atomic mass is 35.5. The van der Waals surface area contributed by atoms with Crippen molar-refractivity contribution in [2.75, 3.05) is 18.0 Å². The molecular formula is C18H29ClN2. The highest BCUT2D eigenvalue weighted by Gasteiger charge is 2.24. The van der Waals surface area contributed by atoms with Gasteiger partial charge in [-0.2, -0.15) is 0 Å². The number of rotatable bonds is 7. The molecule has 0 aliphatic heterocycles. The van der Waals surface area contributed by atoms with Crippen LogP contribution >= 0.6 is 11.6 Å². The third-order valence-electron chi connectivity index (χ3n) is 4.33. The molecule has 118 valence electrons. The molecule has 0 amide bonds. The summed E-state index contributed by atoms with van der Waals surface area (Å²) in [4.78, 5) is 2.53. The minimum atomic E-state index is 0.666. The zero-order chi connectivity index (χ0) is 15.2. The number of hydrogen-bond acceptors (Lipinski definition) is 2. The molecule has 1 aromatic carbocycles. The van der Waals surface area contributed by atoms with E-state index in [1.807, 2.05) is 6.07 Å². The van der Waals surface area contributed by atoms with E-state index in [-0.39, 0.29) is 0 Å². The molecular weight excluding hydrogens is 280 g/mol. The van der Waals surface area contributed by atoms with Crippen LogP contribution in [-0.2, 0) is 6.54 Å². The predicted octanol–water partition coefficient (Wildman–Crippen LogP) is 4.85. The van der Waals surface area contributed by atoms with E-state index in [1.165, 1.54) is 36.9 Å². The number of para-hydroxylation sites is 1. The Morgan fingerprint density at radius 3 is 2.62 bits per heavy atom. The minimum absolute atomic E-state index is 0.666. The van der Waals surface area contributed by atoms with Crippen LogP contribution in [0.25, 0.3) is 0 Å². The Labute approximate surface area is 134 Å². The van der Waals surface area contributed by atoms with Gasteiger partial charge in [-0.3, -0.25) is 0 Å². The maximum atomic E-state index is 6.55. The maximum Gasteiger partial charge on any atom is 0.0643 e.